The Labute approximate surface area is 119 Å². The Morgan fingerprint density at radius 3 is 2.80 bits per heavy atom. The molecule has 0 radical (unpaired) electrons. The summed E-state index contributed by atoms with van der Waals surface area (Å²) in [5, 5.41) is 19.2. The number of aromatic nitrogens is 3. The average molecular weight is 295 g/mol. The van der Waals surface area contributed by atoms with Crippen LogP contribution in [0, 0.1) is 17.0 Å². The minimum Gasteiger partial charge on any atom is -0.487 e. The van der Waals surface area contributed by atoms with Crippen LogP contribution in [0.2, 0.25) is 0 Å². The monoisotopic (exact) mass is 295 g/mol. The number of nitro benzene ring substituents is 1. The van der Waals surface area contributed by atoms with E-state index in [4.69, 9.17) is 10.6 Å². The Morgan fingerprint density at radius 1 is 1.50 bits per heavy atom. The maximum atomic E-state index is 10.9. The molecule has 0 saturated carbocycles. The maximum Gasteiger partial charge on any atom is 0.310 e. The van der Waals surface area contributed by atoms with Crippen LogP contribution in [-0.4, -0.2) is 26.4 Å². The molecule has 8 nitrogen and oxygen atoms in total. The zero-order valence-corrected chi connectivity index (χ0v) is 11.8. The van der Waals surface area contributed by atoms with Crippen LogP contribution >= 0.6 is 11.8 Å². The van der Waals surface area contributed by atoms with E-state index < -0.39 is 4.92 Å². The van der Waals surface area contributed by atoms with E-state index in [0.29, 0.717) is 17.6 Å². The van der Waals surface area contributed by atoms with Crippen molar-refractivity contribution in [1.29, 1.82) is 0 Å². The van der Waals surface area contributed by atoms with Crippen LogP contribution in [-0.2, 0) is 0 Å². The van der Waals surface area contributed by atoms with Crippen molar-refractivity contribution in [3.05, 3.63) is 34.1 Å². The summed E-state index contributed by atoms with van der Waals surface area (Å²) in [5.41, 5.74) is -0.0680. The molecule has 2 rings (SSSR count). The van der Waals surface area contributed by atoms with Crippen LogP contribution in [0.5, 0.6) is 5.75 Å². The van der Waals surface area contributed by atoms with Gasteiger partial charge in [0.1, 0.15) is 5.82 Å². The topological polar surface area (TPSA) is 109 Å². The molecule has 0 fully saturated rings. The summed E-state index contributed by atoms with van der Waals surface area (Å²) < 4.78 is 6.64. The molecule has 2 aromatic rings. The highest BCUT2D eigenvalue weighted by Gasteiger charge is 2.17. The van der Waals surface area contributed by atoms with Crippen molar-refractivity contribution in [3.8, 4) is 5.75 Å². The third-order valence-electron chi connectivity index (χ3n) is 2.47. The van der Waals surface area contributed by atoms with Gasteiger partial charge in [-0.1, -0.05) is 0 Å². The lowest BCUT2D eigenvalue weighted by atomic mass is 10.3. The maximum absolute atomic E-state index is 10.9. The number of nitro groups is 1. The van der Waals surface area contributed by atoms with E-state index in [-0.39, 0.29) is 11.4 Å². The molecule has 20 heavy (non-hydrogen) atoms. The van der Waals surface area contributed by atoms with E-state index >= 15 is 0 Å². The lowest BCUT2D eigenvalue weighted by Gasteiger charge is -2.06. The van der Waals surface area contributed by atoms with Crippen molar-refractivity contribution in [2.24, 2.45) is 0 Å². The van der Waals surface area contributed by atoms with Gasteiger partial charge in [0.2, 0.25) is 5.16 Å². The van der Waals surface area contributed by atoms with Crippen LogP contribution < -0.4 is 10.6 Å². The number of benzene rings is 1. The predicted molar refractivity (Wildman–Crippen MR) is 73.3 cm³/mol. The molecular weight excluding hydrogens is 282 g/mol. The molecule has 9 heteroatoms. The Morgan fingerprint density at radius 2 is 2.25 bits per heavy atom. The molecule has 1 heterocycles. The number of rotatable bonds is 5. The molecule has 1 aromatic carbocycles. The highest BCUT2D eigenvalue weighted by Crippen LogP contribution is 2.34. The van der Waals surface area contributed by atoms with Gasteiger partial charge in [0.25, 0.3) is 0 Å². The number of nitrogen functional groups attached to an aromatic ring is 1. The molecule has 0 spiro atoms. The van der Waals surface area contributed by atoms with Crippen LogP contribution in [0.1, 0.15) is 12.7 Å². The first-order valence-corrected chi connectivity index (χ1v) is 6.60. The second-order valence-corrected chi connectivity index (χ2v) is 4.86. The van der Waals surface area contributed by atoms with Crippen LogP contribution in [0.4, 0.5) is 5.69 Å². The SMILES string of the molecule is CCOc1cc(Sc2nnc(C)n2N)ccc1[N+](=O)[O-]. The highest BCUT2D eigenvalue weighted by atomic mass is 32.2. The molecule has 0 aliphatic heterocycles. The van der Waals surface area contributed by atoms with Gasteiger partial charge in [-0.25, -0.2) is 4.68 Å². The van der Waals surface area contributed by atoms with Gasteiger partial charge in [-0.05, 0) is 31.7 Å². The van der Waals surface area contributed by atoms with Gasteiger partial charge in [0, 0.05) is 17.0 Å². The van der Waals surface area contributed by atoms with E-state index in [1.165, 1.54) is 22.5 Å². The summed E-state index contributed by atoms with van der Waals surface area (Å²) in [6.45, 7) is 3.85. The van der Waals surface area contributed by atoms with E-state index in [1.807, 2.05) is 0 Å². The number of hydrogen-bond acceptors (Lipinski definition) is 7. The summed E-state index contributed by atoms with van der Waals surface area (Å²) in [4.78, 5) is 11.2. The van der Waals surface area contributed by atoms with Crippen molar-refractivity contribution in [3.63, 3.8) is 0 Å². The van der Waals surface area contributed by atoms with Gasteiger partial charge < -0.3 is 10.6 Å². The van der Waals surface area contributed by atoms with Gasteiger partial charge in [-0.2, -0.15) is 0 Å². The van der Waals surface area contributed by atoms with Gasteiger partial charge in [0.15, 0.2) is 5.75 Å². The Kier molecular flexibility index (Phi) is 4.08. The minimum absolute atomic E-state index is 0.0680. The Hall–Kier alpha value is -2.29. The summed E-state index contributed by atoms with van der Waals surface area (Å²) in [7, 11) is 0. The van der Waals surface area contributed by atoms with Crippen molar-refractivity contribution in [2.45, 2.75) is 23.9 Å². The summed E-state index contributed by atoms with van der Waals surface area (Å²) in [6.07, 6.45) is 0. The van der Waals surface area contributed by atoms with E-state index in [0.717, 1.165) is 4.90 Å². The lowest BCUT2D eigenvalue weighted by molar-refractivity contribution is -0.385. The van der Waals surface area contributed by atoms with Crippen LogP contribution in [0.15, 0.2) is 28.3 Å². The smallest absolute Gasteiger partial charge is 0.310 e. The molecule has 0 atom stereocenters. The predicted octanol–water partition coefficient (Wildman–Crippen LogP) is 1.76. The number of ether oxygens (including phenoxy) is 1. The number of nitrogens with two attached hydrogens (primary N) is 1. The zero-order valence-electron chi connectivity index (χ0n) is 10.9. The van der Waals surface area contributed by atoms with E-state index in [9.17, 15) is 10.1 Å². The number of aryl methyl sites for hydroxylation is 1. The first kappa shape index (κ1) is 14.1. The summed E-state index contributed by atoms with van der Waals surface area (Å²) in [6, 6.07) is 4.61. The molecule has 0 bridgehead atoms. The second-order valence-electron chi connectivity index (χ2n) is 3.82. The molecule has 0 amide bonds. The van der Waals surface area contributed by atoms with E-state index in [2.05, 4.69) is 10.2 Å². The zero-order chi connectivity index (χ0) is 14.7. The van der Waals surface area contributed by atoms with Crippen molar-refractivity contribution in [1.82, 2.24) is 14.9 Å². The summed E-state index contributed by atoms with van der Waals surface area (Å²) in [5.74, 6) is 6.56. The van der Waals surface area contributed by atoms with Crippen LogP contribution in [0.3, 0.4) is 0 Å². The first-order chi connectivity index (χ1) is 9.52. The van der Waals surface area contributed by atoms with Gasteiger partial charge in [0.05, 0.1) is 11.5 Å². The van der Waals surface area contributed by atoms with Gasteiger partial charge in [-0.3, -0.25) is 10.1 Å². The highest BCUT2D eigenvalue weighted by molar-refractivity contribution is 7.99. The van der Waals surface area contributed by atoms with Crippen LogP contribution in [0.25, 0.3) is 0 Å². The minimum atomic E-state index is -0.477. The molecule has 1 aromatic heterocycles. The van der Waals surface area contributed by atoms with E-state index in [1.54, 1.807) is 26.0 Å². The van der Waals surface area contributed by atoms with Crippen molar-refractivity contribution < 1.29 is 9.66 Å². The standard InChI is InChI=1S/C11H13N5O3S/c1-3-19-10-6-8(4-5-9(10)16(17)18)20-11-14-13-7(2)15(11)12/h4-6H,3,12H2,1-2H3. The Balaban J connectivity index is 2.31. The molecule has 0 unspecified atom stereocenters. The fraction of sp³-hybridized carbons (Fsp3) is 0.273. The number of nitrogens with zero attached hydrogens (tertiary/aromatic N) is 4. The quantitative estimate of drug-likeness (QED) is 0.508. The lowest BCUT2D eigenvalue weighted by Crippen LogP contribution is -2.11. The number of hydrogen-bond donors (Lipinski definition) is 1. The average Bonchev–Trinajstić information content (AvgIpc) is 2.71. The molecule has 0 aliphatic rings. The third kappa shape index (κ3) is 2.82. The fourth-order valence-electron chi connectivity index (χ4n) is 1.50. The normalized spacial score (nSPS) is 10.5. The van der Waals surface area contributed by atoms with Crippen molar-refractivity contribution in [2.75, 3.05) is 12.4 Å². The molecule has 106 valence electrons. The Bertz CT molecular complexity index is 643. The molecule has 0 saturated heterocycles. The largest absolute Gasteiger partial charge is 0.487 e. The summed E-state index contributed by atoms with van der Waals surface area (Å²) >= 11 is 1.26. The van der Waals surface area contributed by atoms with Gasteiger partial charge >= 0.3 is 5.69 Å². The fourth-order valence-corrected chi connectivity index (χ4v) is 2.33. The van der Waals surface area contributed by atoms with Crippen molar-refractivity contribution >= 4 is 17.4 Å². The second kappa shape index (κ2) is 5.78. The molecular formula is C11H13N5O3S. The first-order valence-electron chi connectivity index (χ1n) is 5.79. The molecule has 2 N–H and O–H groups in total. The van der Waals surface area contributed by atoms with Gasteiger partial charge in [-0.15, -0.1) is 10.2 Å². The third-order valence-corrected chi connectivity index (χ3v) is 3.42. The molecule has 0 aliphatic carbocycles.